The summed E-state index contributed by atoms with van der Waals surface area (Å²) in [6.07, 6.45) is 1.84. The second-order valence-corrected chi connectivity index (χ2v) is 4.25. The fraction of sp³-hybridized carbons (Fsp3) is 0.0667. The van der Waals surface area contributed by atoms with Gasteiger partial charge in [-0.25, -0.2) is 8.78 Å². The van der Waals surface area contributed by atoms with Gasteiger partial charge in [0, 0.05) is 28.7 Å². The van der Waals surface area contributed by atoms with Gasteiger partial charge < -0.3 is 9.72 Å². The van der Waals surface area contributed by atoms with E-state index in [2.05, 4.69) is 4.98 Å². The van der Waals surface area contributed by atoms with E-state index < -0.39 is 11.6 Å². The molecule has 96 valence electrons. The molecule has 0 spiro atoms. The number of rotatable bonds is 3. The van der Waals surface area contributed by atoms with E-state index in [0.29, 0.717) is 11.3 Å². The molecule has 2 aromatic carbocycles. The van der Waals surface area contributed by atoms with Gasteiger partial charge in [0.15, 0.2) is 0 Å². The van der Waals surface area contributed by atoms with Crippen molar-refractivity contribution in [2.24, 2.45) is 0 Å². The van der Waals surface area contributed by atoms with Crippen LogP contribution in [0.1, 0.15) is 5.56 Å². The van der Waals surface area contributed by atoms with Crippen LogP contribution in [0.3, 0.4) is 0 Å². The smallest absolute Gasteiger partial charge is 0.132 e. The van der Waals surface area contributed by atoms with Crippen molar-refractivity contribution in [3.8, 4) is 5.75 Å². The first kappa shape index (κ1) is 11.7. The number of aromatic nitrogens is 1. The minimum Gasteiger partial charge on any atom is -0.489 e. The Morgan fingerprint density at radius 1 is 1.00 bits per heavy atom. The Morgan fingerprint density at radius 3 is 2.74 bits per heavy atom. The van der Waals surface area contributed by atoms with Crippen LogP contribution in [0, 0.1) is 11.6 Å². The van der Waals surface area contributed by atoms with Crippen molar-refractivity contribution < 1.29 is 13.5 Å². The third kappa shape index (κ3) is 2.42. The molecule has 2 nitrogen and oxygen atoms in total. The highest BCUT2D eigenvalue weighted by atomic mass is 19.1. The van der Waals surface area contributed by atoms with Crippen LogP contribution in [0.2, 0.25) is 0 Å². The Bertz CT molecular complexity index is 721. The standard InChI is InChI=1S/C15H11F2NO/c16-12-2-1-11(14(17)8-12)9-19-13-3-4-15-10(7-13)5-6-18-15/h1-8,18H,9H2. The Hall–Kier alpha value is -2.36. The van der Waals surface area contributed by atoms with Crippen LogP contribution in [0.25, 0.3) is 10.9 Å². The third-order valence-corrected chi connectivity index (χ3v) is 2.93. The van der Waals surface area contributed by atoms with Gasteiger partial charge in [-0.15, -0.1) is 0 Å². The fourth-order valence-electron chi connectivity index (χ4n) is 1.92. The molecule has 0 radical (unpaired) electrons. The van der Waals surface area contributed by atoms with Gasteiger partial charge >= 0.3 is 0 Å². The van der Waals surface area contributed by atoms with E-state index in [0.717, 1.165) is 17.0 Å². The summed E-state index contributed by atoms with van der Waals surface area (Å²) in [4.78, 5) is 3.08. The maximum atomic E-state index is 13.4. The van der Waals surface area contributed by atoms with E-state index in [1.54, 1.807) is 6.07 Å². The minimum absolute atomic E-state index is 0.0715. The zero-order valence-electron chi connectivity index (χ0n) is 9.99. The number of fused-ring (bicyclic) bond motifs is 1. The molecule has 0 fully saturated rings. The molecule has 0 aliphatic heterocycles. The first-order valence-corrected chi connectivity index (χ1v) is 5.86. The topological polar surface area (TPSA) is 25.0 Å². The summed E-state index contributed by atoms with van der Waals surface area (Å²) < 4.78 is 31.7. The van der Waals surface area contributed by atoms with Crippen LogP contribution >= 0.6 is 0 Å². The Kier molecular flexibility index (Phi) is 2.91. The lowest BCUT2D eigenvalue weighted by Crippen LogP contribution is -1.98. The summed E-state index contributed by atoms with van der Waals surface area (Å²) in [7, 11) is 0. The molecule has 0 aliphatic carbocycles. The van der Waals surface area contributed by atoms with Crippen LogP contribution in [0.5, 0.6) is 5.75 Å². The highest BCUT2D eigenvalue weighted by molar-refractivity contribution is 5.80. The number of halogens is 2. The van der Waals surface area contributed by atoms with Crippen molar-refractivity contribution in [3.63, 3.8) is 0 Å². The van der Waals surface area contributed by atoms with Crippen LogP contribution in [0.4, 0.5) is 8.78 Å². The molecular weight excluding hydrogens is 248 g/mol. The first-order valence-electron chi connectivity index (χ1n) is 5.86. The number of hydrogen-bond acceptors (Lipinski definition) is 1. The van der Waals surface area contributed by atoms with Crippen LogP contribution in [-0.4, -0.2) is 4.98 Å². The van der Waals surface area contributed by atoms with Crippen LogP contribution in [0.15, 0.2) is 48.7 Å². The van der Waals surface area contributed by atoms with Gasteiger partial charge in [-0.05, 0) is 36.4 Å². The van der Waals surface area contributed by atoms with E-state index in [1.807, 2.05) is 24.4 Å². The molecule has 1 N–H and O–H groups in total. The predicted octanol–water partition coefficient (Wildman–Crippen LogP) is 4.03. The van der Waals surface area contributed by atoms with Crippen LogP contribution < -0.4 is 4.74 Å². The van der Waals surface area contributed by atoms with Crippen molar-refractivity contribution in [2.75, 3.05) is 0 Å². The molecule has 0 saturated carbocycles. The van der Waals surface area contributed by atoms with Crippen molar-refractivity contribution >= 4 is 10.9 Å². The van der Waals surface area contributed by atoms with Gasteiger partial charge in [-0.2, -0.15) is 0 Å². The average molecular weight is 259 g/mol. The summed E-state index contributed by atoms with van der Waals surface area (Å²) in [5.41, 5.74) is 1.34. The van der Waals surface area contributed by atoms with E-state index in [4.69, 9.17) is 4.74 Å². The predicted molar refractivity (Wildman–Crippen MR) is 69.0 cm³/mol. The monoisotopic (exact) mass is 259 g/mol. The van der Waals surface area contributed by atoms with E-state index in [1.165, 1.54) is 12.1 Å². The van der Waals surface area contributed by atoms with Crippen molar-refractivity contribution in [1.82, 2.24) is 4.98 Å². The quantitative estimate of drug-likeness (QED) is 0.754. The van der Waals surface area contributed by atoms with E-state index in [-0.39, 0.29) is 6.61 Å². The molecule has 0 unspecified atom stereocenters. The normalized spacial score (nSPS) is 10.8. The zero-order valence-corrected chi connectivity index (χ0v) is 9.99. The summed E-state index contributed by atoms with van der Waals surface area (Å²) in [6, 6.07) is 11.0. The number of aromatic amines is 1. The number of hydrogen-bond donors (Lipinski definition) is 1. The van der Waals surface area contributed by atoms with Gasteiger partial charge in [0.1, 0.15) is 24.0 Å². The summed E-state index contributed by atoms with van der Waals surface area (Å²) in [5.74, 6) is -0.534. The SMILES string of the molecule is Fc1ccc(COc2ccc3[nH]ccc3c2)c(F)c1. The lowest BCUT2D eigenvalue weighted by molar-refractivity contribution is 0.300. The van der Waals surface area contributed by atoms with Crippen molar-refractivity contribution in [3.05, 3.63) is 65.9 Å². The molecule has 0 bridgehead atoms. The van der Waals surface area contributed by atoms with E-state index >= 15 is 0 Å². The maximum Gasteiger partial charge on any atom is 0.132 e. The molecule has 4 heteroatoms. The number of benzene rings is 2. The highest BCUT2D eigenvalue weighted by Gasteiger charge is 2.05. The van der Waals surface area contributed by atoms with Gasteiger partial charge in [-0.1, -0.05) is 0 Å². The minimum atomic E-state index is -0.595. The summed E-state index contributed by atoms with van der Waals surface area (Å²) in [6.45, 7) is 0.0715. The van der Waals surface area contributed by atoms with Gasteiger partial charge in [0.05, 0.1) is 0 Å². The lowest BCUT2D eigenvalue weighted by Gasteiger charge is -2.07. The number of H-pyrrole nitrogens is 1. The first-order chi connectivity index (χ1) is 9.22. The molecular formula is C15H11F2NO. The molecule has 0 atom stereocenters. The van der Waals surface area contributed by atoms with Gasteiger partial charge in [-0.3, -0.25) is 0 Å². The number of nitrogens with one attached hydrogen (secondary N) is 1. The fourth-order valence-corrected chi connectivity index (χ4v) is 1.92. The van der Waals surface area contributed by atoms with E-state index in [9.17, 15) is 8.78 Å². The molecule has 3 aromatic rings. The summed E-state index contributed by atoms with van der Waals surface area (Å²) >= 11 is 0. The number of ether oxygens (including phenoxy) is 1. The average Bonchev–Trinajstić information content (AvgIpc) is 2.85. The summed E-state index contributed by atoms with van der Waals surface area (Å²) in [5, 5.41) is 1.03. The second-order valence-electron chi connectivity index (χ2n) is 4.25. The molecule has 0 saturated heterocycles. The molecule has 0 amide bonds. The highest BCUT2D eigenvalue weighted by Crippen LogP contribution is 2.21. The Morgan fingerprint density at radius 2 is 1.89 bits per heavy atom. The third-order valence-electron chi connectivity index (χ3n) is 2.93. The molecule has 19 heavy (non-hydrogen) atoms. The zero-order chi connectivity index (χ0) is 13.2. The van der Waals surface area contributed by atoms with Crippen molar-refractivity contribution in [1.29, 1.82) is 0 Å². The second kappa shape index (κ2) is 4.72. The molecule has 3 rings (SSSR count). The molecule has 1 heterocycles. The lowest BCUT2D eigenvalue weighted by atomic mass is 10.2. The van der Waals surface area contributed by atoms with Gasteiger partial charge in [0.2, 0.25) is 0 Å². The maximum absolute atomic E-state index is 13.4. The Balaban J connectivity index is 1.77. The Labute approximate surface area is 108 Å². The van der Waals surface area contributed by atoms with Gasteiger partial charge in [0.25, 0.3) is 0 Å². The molecule has 1 aromatic heterocycles. The van der Waals surface area contributed by atoms with Crippen molar-refractivity contribution in [2.45, 2.75) is 6.61 Å². The largest absolute Gasteiger partial charge is 0.489 e. The molecule has 0 aliphatic rings. The van der Waals surface area contributed by atoms with Crippen LogP contribution in [-0.2, 0) is 6.61 Å².